The van der Waals surface area contributed by atoms with Gasteiger partial charge in [0.15, 0.2) is 5.84 Å². The molecule has 0 aromatic rings. The van der Waals surface area contributed by atoms with Crippen LogP contribution in [0.4, 0.5) is 4.79 Å². The molecule has 2 amide bonds. The quantitative estimate of drug-likeness (QED) is 0.656. The number of hydrogen-bond donors (Lipinski definition) is 2. The SMILES string of the molecule is C=C1NC(=O)N(C2CCCCC2)C1=N. The molecule has 1 aliphatic heterocycles. The van der Waals surface area contributed by atoms with Crippen LogP contribution in [0.3, 0.4) is 0 Å². The van der Waals surface area contributed by atoms with Gasteiger partial charge in [-0.15, -0.1) is 0 Å². The number of urea groups is 1. The van der Waals surface area contributed by atoms with E-state index in [1.165, 1.54) is 6.42 Å². The third-order valence-corrected chi connectivity index (χ3v) is 2.94. The molecule has 0 spiro atoms. The minimum Gasteiger partial charge on any atom is -0.305 e. The lowest BCUT2D eigenvalue weighted by Crippen LogP contribution is -2.41. The van der Waals surface area contributed by atoms with Crippen LogP contribution in [0.25, 0.3) is 0 Å². The number of amidine groups is 1. The molecule has 1 saturated carbocycles. The second-order valence-electron chi connectivity index (χ2n) is 3.92. The molecule has 2 aliphatic rings. The first-order valence-electron chi connectivity index (χ1n) is 5.08. The van der Waals surface area contributed by atoms with Crippen molar-refractivity contribution >= 4 is 11.9 Å². The monoisotopic (exact) mass is 193 g/mol. The Kier molecular flexibility index (Phi) is 2.27. The van der Waals surface area contributed by atoms with Gasteiger partial charge in [0, 0.05) is 6.04 Å². The lowest BCUT2D eigenvalue weighted by atomic mass is 9.94. The van der Waals surface area contributed by atoms with E-state index in [2.05, 4.69) is 11.9 Å². The highest BCUT2D eigenvalue weighted by Gasteiger charge is 2.35. The second kappa shape index (κ2) is 3.44. The summed E-state index contributed by atoms with van der Waals surface area (Å²) in [6.45, 7) is 3.63. The first-order chi connectivity index (χ1) is 6.70. The Morgan fingerprint density at radius 1 is 1.36 bits per heavy atom. The number of nitrogens with one attached hydrogen (secondary N) is 2. The molecule has 0 bridgehead atoms. The molecular formula is C10H15N3O. The first kappa shape index (κ1) is 9.24. The average molecular weight is 193 g/mol. The van der Waals surface area contributed by atoms with Crippen LogP contribution in [0.5, 0.6) is 0 Å². The Morgan fingerprint density at radius 2 is 2.00 bits per heavy atom. The predicted molar refractivity (Wildman–Crippen MR) is 54.1 cm³/mol. The van der Waals surface area contributed by atoms with E-state index in [4.69, 9.17) is 5.41 Å². The molecule has 0 aromatic carbocycles. The van der Waals surface area contributed by atoms with Gasteiger partial charge in [-0.1, -0.05) is 25.8 Å². The van der Waals surface area contributed by atoms with Crippen LogP contribution in [0.1, 0.15) is 32.1 Å². The van der Waals surface area contributed by atoms with E-state index < -0.39 is 0 Å². The summed E-state index contributed by atoms with van der Waals surface area (Å²) in [5, 5.41) is 10.3. The Balaban J connectivity index is 2.12. The Hall–Kier alpha value is -1.32. The number of amides is 2. The van der Waals surface area contributed by atoms with Gasteiger partial charge in [0.1, 0.15) is 0 Å². The zero-order chi connectivity index (χ0) is 10.1. The normalized spacial score (nSPS) is 24.3. The molecule has 1 saturated heterocycles. The topological polar surface area (TPSA) is 56.2 Å². The molecule has 2 fully saturated rings. The van der Waals surface area contributed by atoms with Crippen LogP contribution in [0.2, 0.25) is 0 Å². The van der Waals surface area contributed by atoms with E-state index in [-0.39, 0.29) is 17.9 Å². The number of carbonyl (C=O) groups excluding carboxylic acids is 1. The zero-order valence-electron chi connectivity index (χ0n) is 8.18. The lowest BCUT2D eigenvalue weighted by Gasteiger charge is -2.29. The van der Waals surface area contributed by atoms with E-state index in [0.29, 0.717) is 5.70 Å². The summed E-state index contributed by atoms with van der Waals surface area (Å²) in [5.41, 5.74) is 0.431. The van der Waals surface area contributed by atoms with E-state index in [9.17, 15) is 4.79 Å². The molecule has 0 radical (unpaired) electrons. The number of nitrogens with zero attached hydrogens (tertiary/aromatic N) is 1. The van der Waals surface area contributed by atoms with Crippen LogP contribution in [0, 0.1) is 5.41 Å². The summed E-state index contributed by atoms with van der Waals surface area (Å²) in [5.74, 6) is 0.252. The third-order valence-electron chi connectivity index (χ3n) is 2.94. The molecule has 1 aliphatic carbocycles. The molecule has 76 valence electrons. The van der Waals surface area contributed by atoms with Crippen molar-refractivity contribution in [1.82, 2.24) is 10.2 Å². The summed E-state index contributed by atoms with van der Waals surface area (Å²) in [6.07, 6.45) is 5.61. The maximum Gasteiger partial charge on any atom is 0.327 e. The molecule has 1 heterocycles. The predicted octanol–water partition coefficient (Wildman–Crippen LogP) is 1.84. The summed E-state index contributed by atoms with van der Waals surface area (Å²) >= 11 is 0. The molecule has 0 atom stereocenters. The summed E-state index contributed by atoms with van der Waals surface area (Å²) in [7, 11) is 0. The Morgan fingerprint density at radius 3 is 2.50 bits per heavy atom. The summed E-state index contributed by atoms with van der Waals surface area (Å²) < 4.78 is 0. The molecule has 4 nitrogen and oxygen atoms in total. The van der Waals surface area contributed by atoms with Crippen LogP contribution in [-0.2, 0) is 0 Å². The van der Waals surface area contributed by atoms with Gasteiger partial charge in [-0.25, -0.2) is 4.79 Å². The summed E-state index contributed by atoms with van der Waals surface area (Å²) in [4.78, 5) is 13.1. The van der Waals surface area contributed by atoms with Crippen molar-refractivity contribution in [3.63, 3.8) is 0 Å². The van der Waals surface area contributed by atoms with Gasteiger partial charge in [-0.2, -0.15) is 0 Å². The van der Waals surface area contributed by atoms with E-state index in [0.717, 1.165) is 25.7 Å². The lowest BCUT2D eigenvalue weighted by molar-refractivity contribution is 0.205. The van der Waals surface area contributed by atoms with Gasteiger partial charge in [0.25, 0.3) is 0 Å². The van der Waals surface area contributed by atoms with Crippen molar-refractivity contribution in [3.8, 4) is 0 Å². The van der Waals surface area contributed by atoms with Gasteiger partial charge in [0.2, 0.25) is 0 Å². The number of carbonyl (C=O) groups is 1. The molecule has 2 N–H and O–H groups in total. The zero-order valence-corrected chi connectivity index (χ0v) is 8.18. The molecule has 0 unspecified atom stereocenters. The highest BCUT2D eigenvalue weighted by molar-refractivity contribution is 6.12. The second-order valence-corrected chi connectivity index (χ2v) is 3.92. The van der Waals surface area contributed by atoms with Gasteiger partial charge in [0.05, 0.1) is 5.70 Å². The Bertz CT molecular complexity index is 292. The Labute approximate surface area is 83.5 Å². The van der Waals surface area contributed by atoms with Crippen LogP contribution < -0.4 is 5.32 Å². The minimum atomic E-state index is -0.174. The highest BCUT2D eigenvalue weighted by atomic mass is 16.2. The first-order valence-corrected chi connectivity index (χ1v) is 5.08. The van der Waals surface area contributed by atoms with Crippen molar-refractivity contribution in [2.75, 3.05) is 0 Å². The van der Waals surface area contributed by atoms with Gasteiger partial charge < -0.3 is 5.32 Å². The molecule has 0 aromatic heterocycles. The smallest absolute Gasteiger partial charge is 0.305 e. The van der Waals surface area contributed by atoms with Crippen molar-refractivity contribution in [1.29, 1.82) is 5.41 Å². The largest absolute Gasteiger partial charge is 0.327 e. The van der Waals surface area contributed by atoms with Gasteiger partial charge in [-0.05, 0) is 12.8 Å². The highest BCUT2D eigenvalue weighted by Crippen LogP contribution is 2.25. The van der Waals surface area contributed by atoms with Crippen LogP contribution >= 0.6 is 0 Å². The van der Waals surface area contributed by atoms with Crippen molar-refractivity contribution in [2.45, 2.75) is 38.1 Å². The molecule has 2 rings (SSSR count). The van der Waals surface area contributed by atoms with E-state index >= 15 is 0 Å². The fourth-order valence-corrected chi connectivity index (χ4v) is 2.18. The van der Waals surface area contributed by atoms with E-state index in [1.54, 1.807) is 4.90 Å². The van der Waals surface area contributed by atoms with E-state index in [1.807, 2.05) is 0 Å². The summed E-state index contributed by atoms with van der Waals surface area (Å²) in [6, 6.07) is 0.0439. The van der Waals surface area contributed by atoms with Gasteiger partial charge >= 0.3 is 6.03 Å². The third kappa shape index (κ3) is 1.41. The van der Waals surface area contributed by atoms with Crippen molar-refractivity contribution in [2.24, 2.45) is 0 Å². The number of rotatable bonds is 1. The standard InChI is InChI=1S/C10H15N3O/c1-7-9(11)13(10(14)12-7)8-5-3-2-4-6-8/h8,11H,1-6H2,(H,12,14). The van der Waals surface area contributed by atoms with Gasteiger partial charge in [-0.3, -0.25) is 10.3 Å². The average Bonchev–Trinajstić information content (AvgIpc) is 2.43. The maximum atomic E-state index is 11.5. The van der Waals surface area contributed by atoms with Crippen molar-refractivity contribution in [3.05, 3.63) is 12.3 Å². The van der Waals surface area contributed by atoms with Crippen molar-refractivity contribution < 1.29 is 4.79 Å². The molecule has 4 heteroatoms. The number of hydrogen-bond acceptors (Lipinski definition) is 2. The minimum absolute atomic E-state index is 0.174. The van der Waals surface area contributed by atoms with Crippen LogP contribution in [0.15, 0.2) is 12.3 Å². The maximum absolute atomic E-state index is 11.5. The fourth-order valence-electron chi connectivity index (χ4n) is 2.18. The molecule has 14 heavy (non-hydrogen) atoms. The van der Waals surface area contributed by atoms with Crippen LogP contribution in [-0.4, -0.2) is 22.8 Å². The fraction of sp³-hybridized carbons (Fsp3) is 0.600. The molecular weight excluding hydrogens is 178 g/mol.